The molecule has 2 unspecified atom stereocenters. The van der Waals surface area contributed by atoms with Crippen molar-refractivity contribution in [3.05, 3.63) is 105 Å². The molecule has 12 heteroatoms. The maximum Gasteiger partial charge on any atom is 0.303 e. The molecule has 2 aliphatic heterocycles. The number of carboxylic acid groups (broad SMARTS) is 1. The minimum atomic E-state index is -0.949. The number of hydrogen-bond acceptors (Lipinski definition) is 5. The first-order chi connectivity index (χ1) is 24.6. The Balaban J connectivity index is 1.22. The zero-order valence-corrected chi connectivity index (χ0v) is 29.8. The number of ether oxygens (including phenoxy) is 1. The maximum absolute atomic E-state index is 14.6. The lowest BCUT2D eigenvalue weighted by atomic mass is 9.82. The van der Waals surface area contributed by atoms with Crippen LogP contribution in [0.2, 0.25) is 0 Å². The van der Waals surface area contributed by atoms with E-state index >= 15 is 0 Å². The van der Waals surface area contributed by atoms with Gasteiger partial charge in [0.05, 0.1) is 17.1 Å². The lowest BCUT2D eigenvalue weighted by molar-refractivity contribution is -0.138. The lowest BCUT2D eigenvalue weighted by Crippen LogP contribution is -2.62. The van der Waals surface area contributed by atoms with E-state index in [0.29, 0.717) is 41.8 Å². The third kappa shape index (κ3) is 9.20. The predicted molar refractivity (Wildman–Crippen MR) is 189 cm³/mol. The van der Waals surface area contributed by atoms with Crippen molar-refractivity contribution in [2.75, 3.05) is 26.2 Å². The number of rotatable bonds is 15. The molecule has 2 atom stereocenters. The summed E-state index contributed by atoms with van der Waals surface area (Å²) >= 11 is 3.38. The Hall–Kier alpha value is -4.16. The highest BCUT2D eigenvalue weighted by molar-refractivity contribution is 9.10. The topological polar surface area (TPSA) is 99.2 Å². The first kappa shape index (κ1) is 36.6. The monoisotopic (exact) mass is 767 g/mol. The number of carbonyl (C=O) groups excluding carboxylic acids is 2. The van der Waals surface area contributed by atoms with Crippen molar-refractivity contribution in [2.24, 2.45) is 0 Å². The van der Waals surface area contributed by atoms with Crippen molar-refractivity contribution < 1.29 is 37.4 Å². The van der Waals surface area contributed by atoms with Crippen LogP contribution in [0.5, 0.6) is 5.75 Å². The van der Waals surface area contributed by atoms with Gasteiger partial charge >= 0.3 is 5.97 Å². The van der Waals surface area contributed by atoms with Crippen LogP contribution in [0.1, 0.15) is 61.6 Å². The normalized spacial score (nSPS) is 18.5. The number of fused-ring (bicyclic) bond motifs is 2. The Kier molecular flexibility index (Phi) is 11.8. The first-order valence-electron chi connectivity index (χ1n) is 17.5. The number of aliphatic carboxylic acids is 1. The van der Waals surface area contributed by atoms with Gasteiger partial charge in [-0.3, -0.25) is 14.4 Å². The number of benzene rings is 3. The highest BCUT2D eigenvalue weighted by atomic mass is 79.9. The number of carbonyl (C=O) groups is 3. The van der Waals surface area contributed by atoms with Gasteiger partial charge in [0, 0.05) is 56.2 Å². The Morgan fingerprint density at radius 3 is 2.49 bits per heavy atom. The van der Waals surface area contributed by atoms with Gasteiger partial charge in [-0.2, -0.15) is 0 Å². The van der Waals surface area contributed by atoms with Crippen LogP contribution in [0.4, 0.5) is 13.2 Å². The summed E-state index contributed by atoms with van der Waals surface area (Å²) in [5, 5.41) is 12.6. The molecule has 3 aromatic carbocycles. The van der Waals surface area contributed by atoms with E-state index in [4.69, 9.17) is 9.84 Å². The van der Waals surface area contributed by atoms with E-state index in [-0.39, 0.29) is 74.1 Å². The van der Waals surface area contributed by atoms with E-state index in [1.165, 1.54) is 24.3 Å². The molecule has 2 fully saturated rings. The molecular weight excluding hydrogens is 727 g/mol. The van der Waals surface area contributed by atoms with Crippen LogP contribution in [0.25, 0.3) is 5.57 Å². The van der Waals surface area contributed by atoms with E-state index in [1.54, 1.807) is 15.9 Å². The quantitative estimate of drug-likeness (QED) is 0.167. The summed E-state index contributed by atoms with van der Waals surface area (Å²) in [5.41, 5.74) is 3.68. The number of piperazine rings is 1. The summed E-state index contributed by atoms with van der Waals surface area (Å²) in [6, 6.07) is 15.9. The van der Waals surface area contributed by atoms with E-state index in [1.807, 2.05) is 24.3 Å². The molecule has 2 N–H and O–H groups in total. The second-order valence-electron chi connectivity index (χ2n) is 13.5. The molecule has 51 heavy (non-hydrogen) atoms. The molecule has 6 rings (SSSR count). The molecule has 3 aromatic rings. The number of nitrogens with one attached hydrogen (secondary N) is 1. The molecule has 0 radical (unpaired) electrons. The summed E-state index contributed by atoms with van der Waals surface area (Å²) in [6.45, 7) is 1.34. The molecule has 1 aliphatic carbocycles. The van der Waals surface area contributed by atoms with E-state index in [9.17, 15) is 27.6 Å². The van der Waals surface area contributed by atoms with Crippen molar-refractivity contribution in [3.63, 3.8) is 0 Å². The molecule has 0 aromatic heterocycles. The fourth-order valence-corrected chi connectivity index (χ4v) is 7.37. The second kappa shape index (κ2) is 16.5. The standard InChI is InChI=1S/C39H41BrF3N3O5/c40-31-16-13-27(41)20-34(31)51-19-3-4-24-9-11-25(12-10-24)30-21-28-22-45(35(47)7-2-8-36(48)49)23-33(44-28)37(30)39(50)46(29-14-15-29)18-17-26-5-1-6-32(42)38(26)43/h1,5-6,9-13,16,20,28-29,33,44H,2-4,7-8,14-15,17-19,21-23H2,(H,48,49). The van der Waals surface area contributed by atoms with Gasteiger partial charge in [0.2, 0.25) is 5.91 Å². The van der Waals surface area contributed by atoms with Gasteiger partial charge in [0.15, 0.2) is 11.6 Å². The number of nitrogens with zero attached hydrogens (tertiary/aromatic N) is 2. The molecule has 8 nitrogen and oxygen atoms in total. The maximum atomic E-state index is 14.6. The third-order valence-electron chi connectivity index (χ3n) is 9.73. The number of carboxylic acids is 1. The highest BCUT2D eigenvalue weighted by Gasteiger charge is 2.43. The van der Waals surface area contributed by atoms with Gasteiger partial charge in [-0.1, -0.05) is 36.4 Å². The molecular formula is C39H41BrF3N3O5. The molecule has 2 amide bonds. The van der Waals surface area contributed by atoms with Crippen LogP contribution in [-0.4, -0.2) is 77.1 Å². The number of hydrogen-bond donors (Lipinski definition) is 2. The van der Waals surface area contributed by atoms with Gasteiger partial charge in [-0.25, -0.2) is 13.2 Å². The molecule has 1 saturated carbocycles. The van der Waals surface area contributed by atoms with E-state index < -0.39 is 23.6 Å². The Morgan fingerprint density at radius 1 is 0.961 bits per heavy atom. The van der Waals surface area contributed by atoms with Gasteiger partial charge in [0.1, 0.15) is 11.6 Å². The molecule has 1 saturated heterocycles. The first-order valence-corrected chi connectivity index (χ1v) is 18.3. The Bertz CT molecular complexity index is 1800. The number of halogens is 4. The van der Waals surface area contributed by atoms with Crippen molar-refractivity contribution in [3.8, 4) is 5.75 Å². The largest absolute Gasteiger partial charge is 0.492 e. The highest BCUT2D eigenvalue weighted by Crippen LogP contribution is 2.37. The summed E-state index contributed by atoms with van der Waals surface area (Å²) in [6.07, 6.45) is 4.03. The summed E-state index contributed by atoms with van der Waals surface area (Å²) in [5.74, 6) is -3.00. The predicted octanol–water partition coefficient (Wildman–Crippen LogP) is 6.69. The zero-order chi connectivity index (χ0) is 36.1. The van der Waals surface area contributed by atoms with E-state index in [2.05, 4.69) is 21.2 Å². The van der Waals surface area contributed by atoms with Crippen molar-refractivity contribution >= 4 is 39.3 Å². The minimum Gasteiger partial charge on any atom is -0.492 e. The van der Waals surface area contributed by atoms with Crippen LogP contribution < -0.4 is 10.1 Å². The molecule has 0 spiro atoms. The summed E-state index contributed by atoms with van der Waals surface area (Å²) in [7, 11) is 0. The molecule has 3 aliphatic rings. The van der Waals surface area contributed by atoms with Crippen LogP contribution in [-0.2, 0) is 27.2 Å². The summed E-state index contributed by atoms with van der Waals surface area (Å²) in [4.78, 5) is 42.3. The smallest absolute Gasteiger partial charge is 0.303 e. The van der Waals surface area contributed by atoms with Crippen molar-refractivity contribution in [1.82, 2.24) is 15.1 Å². The van der Waals surface area contributed by atoms with Crippen molar-refractivity contribution in [2.45, 2.75) is 75.9 Å². The van der Waals surface area contributed by atoms with Gasteiger partial charge in [-0.05, 0) is 101 Å². The van der Waals surface area contributed by atoms with Gasteiger partial charge < -0.3 is 25.0 Å². The van der Waals surface area contributed by atoms with Gasteiger partial charge in [0.25, 0.3) is 5.91 Å². The SMILES string of the molecule is O=C(O)CCCC(=O)N1CC2CC(c3ccc(CCCOc4cc(F)ccc4Br)cc3)=C(C(=O)N(CCc3cccc(F)c3F)C3CC3)C(C1)N2. The fraction of sp³-hybridized carbons (Fsp3) is 0.410. The fourth-order valence-electron chi connectivity index (χ4n) is 7.01. The van der Waals surface area contributed by atoms with Crippen molar-refractivity contribution in [1.29, 1.82) is 0 Å². The molecule has 2 bridgehead atoms. The Morgan fingerprint density at radius 2 is 1.75 bits per heavy atom. The minimum absolute atomic E-state index is 0.00413. The van der Waals surface area contributed by atoms with E-state index in [0.717, 1.165) is 42.0 Å². The number of aryl methyl sites for hydroxylation is 1. The lowest BCUT2D eigenvalue weighted by Gasteiger charge is -2.45. The van der Waals surface area contributed by atoms with Gasteiger partial charge in [-0.15, -0.1) is 0 Å². The average molecular weight is 769 g/mol. The second-order valence-corrected chi connectivity index (χ2v) is 14.3. The van der Waals surface area contributed by atoms with Crippen LogP contribution >= 0.6 is 15.9 Å². The third-order valence-corrected chi connectivity index (χ3v) is 10.4. The average Bonchev–Trinajstić information content (AvgIpc) is 3.95. The molecule has 2 heterocycles. The molecule has 270 valence electrons. The summed E-state index contributed by atoms with van der Waals surface area (Å²) < 4.78 is 48.6. The zero-order valence-electron chi connectivity index (χ0n) is 28.2. The van der Waals surface area contributed by atoms with Crippen LogP contribution in [0.15, 0.2) is 70.7 Å². The Labute approximate surface area is 303 Å². The van der Waals surface area contributed by atoms with Crippen LogP contribution in [0.3, 0.4) is 0 Å². The number of amides is 2. The van der Waals surface area contributed by atoms with Crippen LogP contribution in [0, 0.1) is 17.5 Å².